The van der Waals surface area contributed by atoms with Gasteiger partial charge < -0.3 is 5.32 Å². The van der Waals surface area contributed by atoms with Crippen molar-refractivity contribution in [1.82, 2.24) is 5.32 Å². The molecular weight excluding hydrogens is 277 g/mol. The molecule has 0 saturated carbocycles. The van der Waals surface area contributed by atoms with Gasteiger partial charge in [-0.15, -0.1) is 0 Å². The van der Waals surface area contributed by atoms with E-state index in [0.717, 1.165) is 12.1 Å². The highest BCUT2D eigenvalue weighted by atomic mass is 28.3. The molecule has 0 fully saturated rings. The Morgan fingerprint density at radius 3 is 2.19 bits per heavy atom. The lowest BCUT2D eigenvalue weighted by atomic mass is 10.1. The fraction of sp³-hybridized carbons (Fsp3) is 0.333. The van der Waals surface area contributed by atoms with Crippen molar-refractivity contribution < 1.29 is 4.39 Å². The van der Waals surface area contributed by atoms with Crippen LogP contribution in [-0.4, -0.2) is 8.07 Å². The molecule has 0 aromatic heterocycles. The van der Waals surface area contributed by atoms with Gasteiger partial charge in [0.25, 0.3) is 0 Å². The average molecular weight is 301 g/mol. The van der Waals surface area contributed by atoms with E-state index in [4.69, 9.17) is 0 Å². The standard InChI is InChI=1S/C18H24FNSi/c1-14(17-7-5-6-8-18(17)19)20-13-15-9-11-16(12-10-15)21(2,3)4/h5-12,14,20H,13H2,1-4H3/t14-/m1/s1. The molecule has 0 bridgehead atoms. The Morgan fingerprint density at radius 2 is 1.62 bits per heavy atom. The van der Waals surface area contributed by atoms with Gasteiger partial charge in [0.2, 0.25) is 0 Å². The maximum atomic E-state index is 13.7. The minimum atomic E-state index is -1.23. The van der Waals surface area contributed by atoms with Crippen molar-refractivity contribution >= 4 is 13.3 Å². The van der Waals surface area contributed by atoms with Gasteiger partial charge in [0.1, 0.15) is 5.82 Å². The SMILES string of the molecule is C[C@@H](NCc1ccc([Si](C)(C)C)cc1)c1ccccc1F. The third-order valence-electron chi connectivity index (χ3n) is 3.80. The molecule has 2 rings (SSSR count). The summed E-state index contributed by atoms with van der Waals surface area (Å²) in [4.78, 5) is 0. The molecule has 0 spiro atoms. The van der Waals surface area contributed by atoms with Crippen LogP contribution >= 0.6 is 0 Å². The predicted octanol–water partition coefficient (Wildman–Crippen LogP) is 4.22. The van der Waals surface area contributed by atoms with Crippen molar-refractivity contribution in [2.45, 2.75) is 39.2 Å². The number of rotatable bonds is 5. The Bertz CT molecular complexity index is 587. The molecule has 3 heteroatoms. The van der Waals surface area contributed by atoms with E-state index in [1.807, 2.05) is 19.1 Å². The van der Waals surface area contributed by atoms with Crippen LogP contribution in [0.5, 0.6) is 0 Å². The molecule has 0 heterocycles. The second-order valence-electron chi connectivity index (χ2n) is 6.57. The van der Waals surface area contributed by atoms with E-state index in [2.05, 4.69) is 49.2 Å². The molecule has 2 aromatic rings. The molecule has 0 amide bonds. The Balaban J connectivity index is 1.99. The van der Waals surface area contributed by atoms with E-state index in [1.54, 1.807) is 6.07 Å². The lowest BCUT2D eigenvalue weighted by Crippen LogP contribution is -2.37. The molecule has 0 radical (unpaired) electrons. The number of hydrogen-bond acceptors (Lipinski definition) is 1. The lowest BCUT2D eigenvalue weighted by molar-refractivity contribution is 0.528. The van der Waals surface area contributed by atoms with Crippen LogP contribution in [0.2, 0.25) is 19.6 Å². The van der Waals surface area contributed by atoms with Gasteiger partial charge in [0.15, 0.2) is 0 Å². The molecule has 1 N–H and O–H groups in total. The summed E-state index contributed by atoms with van der Waals surface area (Å²) in [5, 5.41) is 4.85. The first kappa shape index (κ1) is 15.9. The minimum absolute atomic E-state index is 0.00266. The largest absolute Gasteiger partial charge is 0.306 e. The summed E-state index contributed by atoms with van der Waals surface area (Å²) in [5.41, 5.74) is 1.96. The van der Waals surface area contributed by atoms with Crippen molar-refractivity contribution in [2.75, 3.05) is 0 Å². The van der Waals surface area contributed by atoms with E-state index in [-0.39, 0.29) is 11.9 Å². The molecule has 21 heavy (non-hydrogen) atoms. The normalized spacial score (nSPS) is 13.2. The van der Waals surface area contributed by atoms with Gasteiger partial charge in [-0.2, -0.15) is 0 Å². The summed E-state index contributed by atoms with van der Waals surface area (Å²) >= 11 is 0. The van der Waals surface area contributed by atoms with E-state index >= 15 is 0 Å². The van der Waals surface area contributed by atoms with Gasteiger partial charge in [-0.25, -0.2) is 4.39 Å². The van der Waals surface area contributed by atoms with E-state index < -0.39 is 8.07 Å². The molecule has 0 aliphatic heterocycles. The number of hydrogen-bond donors (Lipinski definition) is 1. The third-order valence-corrected chi connectivity index (χ3v) is 5.87. The summed E-state index contributed by atoms with van der Waals surface area (Å²) < 4.78 is 13.7. The summed E-state index contributed by atoms with van der Waals surface area (Å²) in [6.07, 6.45) is 0. The van der Waals surface area contributed by atoms with Crippen LogP contribution in [0, 0.1) is 5.82 Å². The van der Waals surface area contributed by atoms with Crippen LogP contribution in [0.4, 0.5) is 4.39 Å². The van der Waals surface area contributed by atoms with Crippen molar-refractivity contribution in [3.63, 3.8) is 0 Å². The fourth-order valence-electron chi connectivity index (χ4n) is 2.33. The molecule has 0 aliphatic rings. The van der Waals surface area contributed by atoms with Crippen molar-refractivity contribution in [3.05, 3.63) is 65.5 Å². The Hall–Kier alpha value is -1.45. The maximum absolute atomic E-state index is 13.7. The molecule has 1 atom stereocenters. The first-order valence-corrected chi connectivity index (χ1v) is 10.9. The Morgan fingerprint density at radius 1 is 1.00 bits per heavy atom. The zero-order valence-corrected chi connectivity index (χ0v) is 14.3. The highest BCUT2D eigenvalue weighted by molar-refractivity contribution is 6.88. The molecule has 0 aliphatic carbocycles. The Labute approximate surface area is 128 Å². The van der Waals surface area contributed by atoms with Crippen LogP contribution in [-0.2, 0) is 6.54 Å². The van der Waals surface area contributed by atoms with Gasteiger partial charge in [-0.05, 0) is 18.6 Å². The van der Waals surface area contributed by atoms with Crippen LogP contribution in [0.15, 0.2) is 48.5 Å². The van der Waals surface area contributed by atoms with Gasteiger partial charge in [0, 0.05) is 18.2 Å². The molecular formula is C18H24FNSi. The Kier molecular flexibility index (Phi) is 4.96. The summed E-state index contributed by atoms with van der Waals surface area (Å²) in [6, 6.07) is 15.8. The van der Waals surface area contributed by atoms with Gasteiger partial charge in [0.05, 0.1) is 8.07 Å². The van der Waals surface area contributed by atoms with Gasteiger partial charge in [-0.3, -0.25) is 0 Å². The molecule has 2 aromatic carbocycles. The zero-order chi connectivity index (χ0) is 15.5. The summed E-state index contributed by atoms with van der Waals surface area (Å²) in [6.45, 7) is 9.79. The zero-order valence-electron chi connectivity index (χ0n) is 13.3. The van der Waals surface area contributed by atoms with Crippen LogP contribution < -0.4 is 10.5 Å². The number of benzene rings is 2. The van der Waals surface area contributed by atoms with Gasteiger partial charge >= 0.3 is 0 Å². The molecule has 112 valence electrons. The van der Waals surface area contributed by atoms with Gasteiger partial charge in [-0.1, -0.05) is 67.3 Å². The van der Waals surface area contributed by atoms with Crippen LogP contribution in [0.3, 0.4) is 0 Å². The highest BCUT2D eigenvalue weighted by Crippen LogP contribution is 2.16. The first-order chi connectivity index (χ1) is 9.88. The minimum Gasteiger partial charge on any atom is -0.306 e. The van der Waals surface area contributed by atoms with E-state index in [0.29, 0.717) is 0 Å². The third kappa shape index (κ3) is 4.25. The summed E-state index contributed by atoms with van der Waals surface area (Å²) in [7, 11) is -1.23. The van der Waals surface area contributed by atoms with Crippen molar-refractivity contribution in [3.8, 4) is 0 Å². The first-order valence-electron chi connectivity index (χ1n) is 7.45. The molecule has 1 nitrogen and oxygen atoms in total. The smallest absolute Gasteiger partial charge is 0.127 e. The fourth-order valence-corrected chi connectivity index (χ4v) is 3.50. The number of halogens is 1. The van der Waals surface area contributed by atoms with Crippen LogP contribution in [0.25, 0.3) is 0 Å². The second kappa shape index (κ2) is 6.54. The monoisotopic (exact) mass is 301 g/mol. The van der Waals surface area contributed by atoms with E-state index in [9.17, 15) is 4.39 Å². The quantitative estimate of drug-likeness (QED) is 0.815. The highest BCUT2D eigenvalue weighted by Gasteiger charge is 2.15. The molecule has 0 saturated heterocycles. The topological polar surface area (TPSA) is 12.0 Å². The van der Waals surface area contributed by atoms with E-state index in [1.165, 1.54) is 16.8 Å². The molecule has 0 unspecified atom stereocenters. The second-order valence-corrected chi connectivity index (χ2v) is 11.6. The lowest BCUT2D eigenvalue weighted by Gasteiger charge is -2.18. The average Bonchev–Trinajstić information content (AvgIpc) is 2.45. The maximum Gasteiger partial charge on any atom is 0.127 e. The summed E-state index contributed by atoms with van der Waals surface area (Å²) in [5.74, 6) is -0.147. The van der Waals surface area contributed by atoms with Crippen molar-refractivity contribution in [2.24, 2.45) is 0 Å². The van der Waals surface area contributed by atoms with Crippen LogP contribution in [0.1, 0.15) is 24.1 Å². The number of nitrogens with one attached hydrogen (secondary N) is 1. The van der Waals surface area contributed by atoms with Crippen molar-refractivity contribution in [1.29, 1.82) is 0 Å². The predicted molar refractivity (Wildman–Crippen MR) is 91.1 cm³/mol.